The molecule has 2 rings (SSSR count). The molecule has 8 nitrogen and oxygen atoms in total. The molecule has 1 amide bonds. The number of rotatable bonds is 18. The van der Waals surface area contributed by atoms with Gasteiger partial charge in [-0.1, -0.05) is 102 Å². The highest BCUT2D eigenvalue weighted by molar-refractivity contribution is 7.99. The molecule has 3 N–H and O–H groups in total. The standard InChI is InChI=1S/C24H41N5O3S/c1-3-4-5-6-7-8-9-10-11-12-13-14-15-16-17-29-20-21(26-24(29)33-18-19(25)30)28(2)23(32)27-22(20)31/h3-18H2,1-2H3,(H2,25,30)(H,27,31,32). The van der Waals surface area contributed by atoms with Crippen LogP contribution in [0.4, 0.5) is 0 Å². The number of aromatic amines is 1. The number of hydrogen-bond acceptors (Lipinski definition) is 5. The maximum Gasteiger partial charge on any atom is 0.329 e. The Bertz CT molecular complexity index is 979. The minimum absolute atomic E-state index is 0.0773. The highest BCUT2D eigenvalue weighted by atomic mass is 32.2. The van der Waals surface area contributed by atoms with Gasteiger partial charge in [-0.25, -0.2) is 9.78 Å². The van der Waals surface area contributed by atoms with Crippen LogP contribution in [0.2, 0.25) is 0 Å². The topological polar surface area (TPSA) is 116 Å². The molecule has 0 saturated heterocycles. The number of aryl methyl sites for hydroxylation is 2. The lowest BCUT2D eigenvalue weighted by Crippen LogP contribution is -2.29. The lowest BCUT2D eigenvalue weighted by Gasteiger charge is -2.08. The molecule has 2 heterocycles. The maximum atomic E-state index is 12.4. The van der Waals surface area contributed by atoms with Crippen LogP contribution in [-0.4, -0.2) is 30.8 Å². The second kappa shape index (κ2) is 15.0. The smallest absolute Gasteiger partial charge is 0.329 e. The van der Waals surface area contributed by atoms with Crippen molar-refractivity contribution >= 4 is 28.8 Å². The van der Waals surface area contributed by atoms with E-state index in [-0.39, 0.29) is 5.75 Å². The van der Waals surface area contributed by atoms with Crippen molar-refractivity contribution in [3.63, 3.8) is 0 Å². The number of hydrogen-bond donors (Lipinski definition) is 2. The summed E-state index contributed by atoms with van der Waals surface area (Å²) in [7, 11) is 1.58. The van der Waals surface area contributed by atoms with Crippen LogP contribution >= 0.6 is 11.8 Å². The van der Waals surface area contributed by atoms with Crippen molar-refractivity contribution in [2.75, 3.05) is 5.75 Å². The molecule has 0 aliphatic rings. The zero-order valence-electron chi connectivity index (χ0n) is 20.4. The van der Waals surface area contributed by atoms with E-state index in [2.05, 4.69) is 16.9 Å². The van der Waals surface area contributed by atoms with Crippen LogP contribution in [0.5, 0.6) is 0 Å². The molecule has 0 aromatic carbocycles. The first-order valence-corrected chi connectivity index (χ1v) is 13.5. The largest absolute Gasteiger partial charge is 0.369 e. The van der Waals surface area contributed by atoms with Crippen molar-refractivity contribution in [3.8, 4) is 0 Å². The molecule has 0 aliphatic carbocycles. The zero-order valence-corrected chi connectivity index (χ0v) is 21.2. The Labute approximate surface area is 200 Å². The van der Waals surface area contributed by atoms with Gasteiger partial charge in [-0.15, -0.1) is 0 Å². The molecule has 0 fully saturated rings. The van der Waals surface area contributed by atoms with Crippen LogP contribution < -0.4 is 17.0 Å². The van der Waals surface area contributed by atoms with E-state index in [1.165, 1.54) is 93.4 Å². The molecule has 33 heavy (non-hydrogen) atoms. The normalized spacial score (nSPS) is 11.5. The van der Waals surface area contributed by atoms with Crippen LogP contribution in [0.25, 0.3) is 11.2 Å². The molecule has 2 aromatic rings. The van der Waals surface area contributed by atoms with Gasteiger partial charge in [0.1, 0.15) is 0 Å². The molecule has 0 saturated carbocycles. The summed E-state index contributed by atoms with van der Waals surface area (Å²) in [5.41, 5.74) is 5.04. The van der Waals surface area contributed by atoms with Gasteiger partial charge in [0, 0.05) is 13.6 Å². The highest BCUT2D eigenvalue weighted by Gasteiger charge is 2.17. The first-order chi connectivity index (χ1) is 16.0. The van der Waals surface area contributed by atoms with E-state index < -0.39 is 17.2 Å². The van der Waals surface area contributed by atoms with Gasteiger partial charge in [0.05, 0.1) is 5.75 Å². The molecule has 0 spiro atoms. The molecular weight excluding hydrogens is 438 g/mol. The molecule has 186 valence electrons. The average Bonchev–Trinajstić information content (AvgIpc) is 3.15. The third-order valence-corrected chi connectivity index (χ3v) is 7.05. The van der Waals surface area contributed by atoms with E-state index in [0.29, 0.717) is 22.9 Å². The highest BCUT2D eigenvalue weighted by Crippen LogP contribution is 2.22. The van der Waals surface area contributed by atoms with Crippen molar-refractivity contribution in [1.29, 1.82) is 0 Å². The fraction of sp³-hybridized carbons (Fsp3) is 0.750. The summed E-state index contributed by atoms with van der Waals surface area (Å²) in [6.07, 6.45) is 17.9. The van der Waals surface area contributed by atoms with Gasteiger partial charge in [0.25, 0.3) is 5.56 Å². The summed E-state index contributed by atoms with van der Waals surface area (Å²) < 4.78 is 3.15. The molecule has 2 aromatic heterocycles. The number of H-pyrrole nitrogens is 1. The van der Waals surface area contributed by atoms with Crippen LogP contribution in [0.3, 0.4) is 0 Å². The van der Waals surface area contributed by atoms with Crippen LogP contribution in [0.1, 0.15) is 96.8 Å². The van der Waals surface area contributed by atoms with E-state index in [1.807, 2.05) is 4.57 Å². The van der Waals surface area contributed by atoms with E-state index in [4.69, 9.17) is 5.73 Å². The number of carbonyl (C=O) groups excluding carboxylic acids is 1. The second-order valence-corrected chi connectivity index (χ2v) is 9.83. The van der Waals surface area contributed by atoms with Crippen molar-refractivity contribution in [2.45, 2.75) is 109 Å². The summed E-state index contributed by atoms with van der Waals surface area (Å²) in [6.45, 7) is 2.88. The summed E-state index contributed by atoms with van der Waals surface area (Å²) in [6, 6.07) is 0. The van der Waals surface area contributed by atoms with Gasteiger partial charge >= 0.3 is 5.69 Å². The van der Waals surface area contributed by atoms with E-state index in [1.54, 1.807) is 7.05 Å². The number of unbranched alkanes of at least 4 members (excludes halogenated alkanes) is 13. The number of amides is 1. The fourth-order valence-electron chi connectivity index (χ4n) is 4.13. The molecular formula is C24H41N5O3S. The minimum atomic E-state index is -0.500. The molecule has 0 aliphatic heterocycles. The molecule has 0 atom stereocenters. The number of nitrogens with two attached hydrogens (primary N) is 1. The maximum absolute atomic E-state index is 12.4. The van der Waals surface area contributed by atoms with Gasteiger partial charge in [-0.05, 0) is 6.42 Å². The Morgan fingerprint density at radius 3 is 1.94 bits per heavy atom. The summed E-state index contributed by atoms with van der Waals surface area (Å²) in [4.78, 5) is 42.4. The summed E-state index contributed by atoms with van der Waals surface area (Å²) in [5, 5.41) is 0.546. The van der Waals surface area contributed by atoms with Gasteiger partial charge in [-0.2, -0.15) is 0 Å². The predicted octanol–water partition coefficient (Wildman–Crippen LogP) is 4.48. The van der Waals surface area contributed by atoms with Crippen molar-refractivity contribution in [3.05, 3.63) is 20.8 Å². The number of nitrogens with one attached hydrogen (secondary N) is 1. The Balaban J connectivity index is 1.74. The van der Waals surface area contributed by atoms with Crippen LogP contribution in [0.15, 0.2) is 14.7 Å². The summed E-state index contributed by atoms with van der Waals surface area (Å²) >= 11 is 1.20. The number of aromatic nitrogens is 4. The monoisotopic (exact) mass is 479 g/mol. The van der Waals surface area contributed by atoms with Gasteiger partial charge in [-0.3, -0.25) is 19.1 Å². The molecule has 0 radical (unpaired) electrons. The number of carbonyl (C=O) groups is 1. The third-order valence-electron chi connectivity index (χ3n) is 6.05. The van der Waals surface area contributed by atoms with Crippen molar-refractivity contribution in [2.24, 2.45) is 12.8 Å². The van der Waals surface area contributed by atoms with Crippen LogP contribution in [0, 0.1) is 0 Å². The quantitative estimate of drug-likeness (QED) is 0.241. The first-order valence-electron chi connectivity index (χ1n) is 12.6. The first kappa shape index (κ1) is 27.2. The van der Waals surface area contributed by atoms with Gasteiger partial charge in [0.2, 0.25) is 5.91 Å². The molecule has 9 heteroatoms. The number of fused-ring (bicyclic) bond motifs is 1. The minimum Gasteiger partial charge on any atom is -0.369 e. The van der Waals surface area contributed by atoms with Gasteiger partial charge in [0.15, 0.2) is 16.3 Å². The Hall–Kier alpha value is -2.03. The van der Waals surface area contributed by atoms with E-state index in [9.17, 15) is 14.4 Å². The van der Waals surface area contributed by atoms with E-state index >= 15 is 0 Å². The number of imidazole rings is 1. The Kier molecular flexibility index (Phi) is 12.4. The third kappa shape index (κ3) is 9.02. The van der Waals surface area contributed by atoms with Crippen molar-refractivity contribution in [1.82, 2.24) is 19.1 Å². The SMILES string of the molecule is CCCCCCCCCCCCCCCCn1c(SCC(N)=O)nc2c1c(=O)[nH]c(=O)n2C. The lowest BCUT2D eigenvalue weighted by molar-refractivity contribution is -0.115. The predicted molar refractivity (Wildman–Crippen MR) is 136 cm³/mol. The van der Waals surface area contributed by atoms with Crippen LogP contribution in [-0.2, 0) is 18.4 Å². The number of primary amides is 1. The Morgan fingerprint density at radius 1 is 0.909 bits per heavy atom. The second-order valence-electron chi connectivity index (χ2n) is 8.89. The summed E-state index contributed by atoms with van der Waals surface area (Å²) in [5.74, 6) is -0.369. The number of thioether (sulfide) groups is 1. The van der Waals surface area contributed by atoms with E-state index in [0.717, 1.165) is 12.8 Å². The number of nitrogens with zero attached hydrogens (tertiary/aromatic N) is 3. The zero-order chi connectivity index (χ0) is 24.1. The molecule has 0 unspecified atom stereocenters. The molecule has 0 bridgehead atoms. The fourth-order valence-corrected chi connectivity index (χ4v) is 4.89. The van der Waals surface area contributed by atoms with Gasteiger partial charge < -0.3 is 10.3 Å². The Morgan fingerprint density at radius 2 is 1.42 bits per heavy atom. The average molecular weight is 480 g/mol. The van der Waals surface area contributed by atoms with Crippen molar-refractivity contribution < 1.29 is 4.79 Å². The lowest BCUT2D eigenvalue weighted by atomic mass is 10.0.